The number of sulfonamides is 1. The lowest BCUT2D eigenvalue weighted by molar-refractivity contribution is -0.137. The summed E-state index contributed by atoms with van der Waals surface area (Å²) >= 11 is 5.39. The number of nitrogens with zero attached hydrogens (tertiary/aromatic N) is 3. The third-order valence-corrected chi connectivity index (χ3v) is 6.04. The van der Waals surface area contributed by atoms with Crippen molar-refractivity contribution in [3.05, 3.63) is 53.6 Å². The van der Waals surface area contributed by atoms with E-state index in [1.165, 1.54) is 55.1 Å². The molecule has 0 unspecified atom stereocenters. The second-order valence-corrected chi connectivity index (χ2v) is 9.13. The third kappa shape index (κ3) is 3.87. The molecule has 2 aromatic rings. The van der Waals surface area contributed by atoms with Crippen LogP contribution in [-0.2, 0) is 21.0 Å². The van der Waals surface area contributed by atoms with Crippen LogP contribution in [0.15, 0.2) is 47.4 Å². The number of primary sulfonamides is 1. The lowest BCUT2D eigenvalue weighted by Gasteiger charge is -2.29. The summed E-state index contributed by atoms with van der Waals surface area (Å²) in [4.78, 5) is 15.2. The van der Waals surface area contributed by atoms with Gasteiger partial charge < -0.3 is 4.90 Å². The van der Waals surface area contributed by atoms with Crippen LogP contribution in [0.2, 0.25) is 0 Å². The van der Waals surface area contributed by atoms with Gasteiger partial charge in [-0.05, 0) is 62.5 Å². The summed E-state index contributed by atoms with van der Waals surface area (Å²) in [6.07, 6.45) is -4.81. The molecule has 1 heterocycles. The number of alkyl halides is 3. The number of benzene rings is 2. The summed E-state index contributed by atoms with van der Waals surface area (Å²) < 4.78 is 63.5. The molecule has 162 valence electrons. The molecule has 1 saturated heterocycles. The molecule has 0 aromatic heterocycles. The number of carbonyl (C=O) groups excluding carboxylic acids is 1. The van der Waals surface area contributed by atoms with Crippen molar-refractivity contribution in [3.63, 3.8) is 0 Å². The molecule has 2 aromatic carbocycles. The van der Waals surface area contributed by atoms with Crippen molar-refractivity contribution in [3.8, 4) is 6.07 Å². The Kier molecular flexibility index (Phi) is 5.34. The number of amides is 1. The zero-order valence-electron chi connectivity index (χ0n) is 16.1. The Hall–Kier alpha value is -3.01. The fourth-order valence-electron chi connectivity index (χ4n) is 3.26. The van der Waals surface area contributed by atoms with E-state index in [0.29, 0.717) is 6.07 Å². The summed E-state index contributed by atoms with van der Waals surface area (Å²) in [7, 11) is -4.04. The van der Waals surface area contributed by atoms with Gasteiger partial charge in [0.25, 0.3) is 5.91 Å². The second kappa shape index (κ2) is 7.30. The largest absolute Gasteiger partial charge is 0.417 e. The van der Waals surface area contributed by atoms with Gasteiger partial charge in [0, 0.05) is 5.69 Å². The van der Waals surface area contributed by atoms with Crippen molar-refractivity contribution in [1.82, 2.24) is 0 Å². The van der Waals surface area contributed by atoms with Crippen LogP contribution in [0.3, 0.4) is 0 Å². The van der Waals surface area contributed by atoms with Gasteiger partial charge in [-0.15, -0.1) is 0 Å². The van der Waals surface area contributed by atoms with Gasteiger partial charge in [0.05, 0.1) is 27.8 Å². The fourth-order valence-corrected chi connectivity index (χ4v) is 4.33. The van der Waals surface area contributed by atoms with Crippen molar-refractivity contribution in [2.24, 2.45) is 5.14 Å². The van der Waals surface area contributed by atoms with Gasteiger partial charge in [-0.2, -0.15) is 18.4 Å². The maximum absolute atomic E-state index is 13.4. The molecule has 3 rings (SSSR count). The van der Waals surface area contributed by atoms with Gasteiger partial charge in [0.1, 0.15) is 5.54 Å². The Morgan fingerprint density at radius 2 is 1.77 bits per heavy atom. The van der Waals surface area contributed by atoms with Crippen molar-refractivity contribution >= 4 is 44.6 Å². The van der Waals surface area contributed by atoms with E-state index in [1.54, 1.807) is 0 Å². The van der Waals surface area contributed by atoms with Crippen LogP contribution in [0.5, 0.6) is 0 Å². The molecule has 0 saturated carbocycles. The van der Waals surface area contributed by atoms with Crippen LogP contribution in [0.1, 0.15) is 25.0 Å². The van der Waals surface area contributed by atoms with Crippen LogP contribution >= 0.6 is 12.2 Å². The lowest BCUT2D eigenvalue weighted by atomic mass is 10.0. The number of nitriles is 1. The van der Waals surface area contributed by atoms with Crippen molar-refractivity contribution in [1.29, 1.82) is 5.26 Å². The highest BCUT2D eigenvalue weighted by atomic mass is 32.2. The van der Waals surface area contributed by atoms with E-state index in [0.717, 1.165) is 11.0 Å². The number of rotatable bonds is 3. The fraction of sp³-hybridized carbons (Fsp3) is 0.211. The number of nitrogens with two attached hydrogens (primary N) is 1. The minimum atomic E-state index is -4.81. The molecule has 1 aliphatic rings. The summed E-state index contributed by atoms with van der Waals surface area (Å²) in [5.41, 5.74) is -3.08. The zero-order valence-corrected chi connectivity index (χ0v) is 17.8. The topological polar surface area (TPSA) is 108 Å². The Balaban J connectivity index is 2.14. The Morgan fingerprint density at radius 1 is 1.13 bits per heavy atom. The molecule has 12 heteroatoms. The highest BCUT2D eigenvalue weighted by molar-refractivity contribution is 7.89. The number of hydrogen-bond donors (Lipinski definition) is 1. The lowest BCUT2D eigenvalue weighted by Crippen LogP contribution is -2.44. The summed E-state index contributed by atoms with van der Waals surface area (Å²) in [5.74, 6) is -0.628. The van der Waals surface area contributed by atoms with E-state index in [2.05, 4.69) is 0 Å². The highest BCUT2D eigenvalue weighted by Crippen LogP contribution is 2.39. The van der Waals surface area contributed by atoms with Crippen LogP contribution in [-0.4, -0.2) is 25.0 Å². The first-order valence-corrected chi connectivity index (χ1v) is 10.6. The summed E-state index contributed by atoms with van der Waals surface area (Å²) in [6.45, 7) is 3.00. The number of anilines is 2. The number of halogens is 3. The monoisotopic (exact) mass is 468 g/mol. The van der Waals surface area contributed by atoms with Crippen LogP contribution in [0.4, 0.5) is 24.5 Å². The first-order chi connectivity index (χ1) is 14.2. The first-order valence-electron chi connectivity index (χ1n) is 8.62. The molecular formula is C19H15F3N4O3S2. The second-order valence-electron chi connectivity index (χ2n) is 7.20. The van der Waals surface area contributed by atoms with Gasteiger partial charge in [0.15, 0.2) is 5.11 Å². The number of carbonyl (C=O) groups is 1. The van der Waals surface area contributed by atoms with Gasteiger partial charge in [-0.25, -0.2) is 13.6 Å². The van der Waals surface area contributed by atoms with E-state index in [-0.39, 0.29) is 21.4 Å². The van der Waals surface area contributed by atoms with E-state index in [9.17, 15) is 26.4 Å². The Labute approximate surface area is 181 Å². The molecule has 7 nitrogen and oxygen atoms in total. The quantitative estimate of drug-likeness (QED) is 0.694. The Bertz CT molecular complexity index is 1250. The average molecular weight is 468 g/mol. The van der Waals surface area contributed by atoms with Gasteiger partial charge in [-0.1, -0.05) is 6.07 Å². The molecule has 0 atom stereocenters. The van der Waals surface area contributed by atoms with Gasteiger partial charge >= 0.3 is 6.18 Å². The normalized spacial score (nSPS) is 16.5. The maximum atomic E-state index is 13.4. The molecule has 0 spiro atoms. The molecule has 31 heavy (non-hydrogen) atoms. The summed E-state index contributed by atoms with van der Waals surface area (Å²) in [5, 5.41) is 14.0. The number of hydrogen-bond acceptors (Lipinski definition) is 5. The SMILES string of the molecule is CC1(C)C(=O)N(c2ccc(C#N)c(C(F)(F)F)c2)C(=S)N1c1cccc(S(N)(=O)=O)c1. The van der Waals surface area contributed by atoms with E-state index in [1.807, 2.05) is 0 Å². The van der Waals surface area contributed by atoms with Crippen LogP contribution < -0.4 is 14.9 Å². The molecule has 1 fully saturated rings. The predicted molar refractivity (Wildman–Crippen MR) is 111 cm³/mol. The van der Waals surface area contributed by atoms with E-state index >= 15 is 0 Å². The molecule has 0 radical (unpaired) electrons. The number of thiocarbonyl (C=S) groups is 1. The minimum Gasteiger partial charge on any atom is -0.303 e. The standard InChI is InChI=1S/C19H15F3N4O3S2/c1-18(2)16(27)25(12-7-6-11(10-23)15(9-12)19(20,21)22)17(30)26(18)13-4-3-5-14(8-13)31(24,28)29/h3-9H,1-2H3,(H2,24,28,29). The smallest absolute Gasteiger partial charge is 0.303 e. The molecule has 1 aliphatic heterocycles. The molecule has 1 amide bonds. The van der Waals surface area contributed by atoms with E-state index < -0.39 is 38.8 Å². The molecule has 2 N–H and O–H groups in total. The zero-order chi connectivity index (χ0) is 23.4. The molecule has 0 bridgehead atoms. The van der Waals surface area contributed by atoms with Crippen LogP contribution in [0, 0.1) is 11.3 Å². The molecular weight excluding hydrogens is 453 g/mol. The first kappa shape index (κ1) is 22.7. The Morgan fingerprint density at radius 3 is 2.32 bits per heavy atom. The van der Waals surface area contributed by atoms with E-state index in [4.69, 9.17) is 22.6 Å². The minimum absolute atomic E-state index is 0.153. The van der Waals surface area contributed by atoms with Crippen molar-refractivity contribution in [2.45, 2.75) is 30.5 Å². The van der Waals surface area contributed by atoms with Crippen molar-refractivity contribution in [2.75, 3.05) is 9.80 Å². The highest BCUT2D eigenvalue weighted by Gasteiger charge is 2.50. The van der Waals surface area contributed by atoms with Gasteiger partial charge in [-0.3, -0.25) is 9.69 Å². The van der Waals surface area contributed by atoms with Gasteiger partial charge in [0.2, 0.25) is 10.0 Å². The predicted octanol–water partition coefficient (Wildman–Crippen LogP) is 3.14. The summed E-state index contributed by atoms with van der Waals surface area (Å²) in [6, 6.07) is 9.71. The average Bonchev–Trinajstić information content (AvgIpc) is 2.84. The molecule has 0 aliphatic carbocycles. The van der Waals surface area contributed by atoms with Crippen LogP contribution in [0.25, 0.3) is 0 Å². The third-order valence-electron chi connectivity index (χ3n) is 4.76. The maximum Gasteiger partial charge on any atom is 0.417 e. The van der Waals surface area contributed by atoms with Crippen molar-refractivity contribution < 1.29 is 26.4 Å².